The highest BCUT2D eigenvalue weighted by Crippen LogP contribution is 2.23. The number of hydrogen-bond donors (Lipinski definition) is 2. The summed E-state index contributed by atoms with van der Waals surface area (Å²) in [5.41, 5.74) is 2.99. The second kappa shape index (κ2) is 11.2. The predicted molar refractivity (Wildman–Crippen MR) is 125 cm³/mol. The van der Waals surface area contributed by atoms with Crippen molar-refractivity contribution in [2.45, 2.75) is 31.2 Å². The van der Waals surface area contributed by atoms with Gasteiger partial charge in [-0.3, -0.25) is 9.69 Å². The van der Waals surface area contributed by atoms with Crippen LogP contribution in [0.4, 0.5) is 0 Å². The van der Waals surface area contributed by atoms with E-state index in [0.29, 0.717) is 24.8 Å². The number of hydrogen-bond acceptors (Lipinski definition) is 5. The van der Waals surface area contributed by atoms with Crippen LogP contribution in [0.3, 0.4) is 0 Å². The average Bonchev–Trinajstić information content (AvgIpc) is 2.77. The summed E-state index contributed by atoms with van der Waals surface area (Å²) in [5, 5.41) is 3.61. The van der Waals surface area contributed by atoms with Gasteiger partial charge >= 0.3 is 0 Å². The molecule has 1 heterocycles. The SMILES string of the molecule is Cc1ccc(S(=O)(=O)NCCC(=O)NCC(c2ccc(Cl)cc2)N2CCOCC2)cc1C. The van der Waals surface area contributed by atoms with Crippen molar-refractivity contribution in [1.29, 1.82) is 0 Å². The first-order chi connectivity index (χ1) is 15.3. The summed E-state index contributed by atoms with van der Waals surface area (Å²) in [6, 6.07) is 12.6. The Morgan fingerprint density at radius 3 is 2.44 bits per heavy atom. The van der Waals surface area contributed by atoms with Gasteiger partial charge in [0.25, 0.3) is 0 Å². The Balaban J connectivity index is 1.54. The Bertz CT molecular complexity index is 1020. The Hall–Kier alpha value is -1.97. The third-order valence-corrected chi connectivity index (χ3v) is 7.38. The first kappa shape index (κ1) is 24.7. The first-order valence-electron chi connectivity index (χ1n) is 10.7. The molecule has 174 valence electrons. The van der Waals surface area contributed by atoms with E-state index in [2.05, 4.69) is 14.9 Å². The van der Waals surface area contributed by atoms with Crippen LogP contribution in [0.15, 0.2) is 47.4 Å². The van der Waals surface area contributed by atoms with Crippen molar-refractivity contribution in [2.24, 2.45) is 0 Å². The molecule has 1 aliphatic heterocycles. The van der Waals surface area contributed by atoms with Gasteiger partial charge in [0, 0.05) is 37.6 Å². The lowest BCUT2D eigenvalue weighted by molar-refractivity contribution is -0.121. The molecular weight excluding hydrogens is 450 g/mol. The Kier molecular flexibility index (Phi) is 8.67. The molecule has 1 unspecified atom stereocenters. The molecular formula is C23H30ClN3O4S. The van der Waals surface area contributed by atoms with Crippen molar-refractivity contribution in [2.75, 3.05) is 39.4 Å². The van der Waals surface area contributed by atoms with Crippen molar-refractivity contribution >= 4 is 27.5 Å². The van der Waals surface area contributed by atoms with E-state index in [9.17, 15) is 13.2 Å². The molecule has 1 aliphatic rings. The van der Waals surface area contributed by atoms with E-state index in [0.717, 1.165) is 29.8 Å². The standard InChI is InChI=1S/C23H30ClN3O4S/c1-17-3-8-21(15-18(17)2)32(29,30)26-10-9-23(28)25-16-22(27-11-13-31-14-12-27)19-4-6-20(24)7-5-19/h3-8,15,22,26H,9-14,16H2,1-2H3,(H,25,28). The molecule has 1 amide bonds. The van der Waals surface area contributed by atoms with Gasteiger partial charge in [0.1, 0.15) is 0 Å². The summed E-state index contributed by atoms with van der Waals surface area (Å²) in [7, 11) is -3.66. The molecule has 1 saturated heterocycles. The maximum atomic E-state index is 12.5. The van der Waals surface area contributed by atoms with Gasteiger partial charge in [-0.2, -0.15) is 0 Å². The second-order valence-corrected chi connectivity index (χ2v) is 10.1. The molecule has 2 aromatic rings. The number of benzene rings is 2. The monoisotopic (exact) mass is 479 g/mol. The van der Waals surface area contributed by atoms with Crippen LogP contribution in [0.25, 0.3) is 0 Å². The van der Waals surface area contributed by atoms with Gasteiger partial charge in [-0.1, -0.05) is 29.8 Å². The summed E-state index contributed by atoms with van der Waals surface area (Å²) >= 11 is 6.02. The summed E-state index contributed by atoms with van der Waals surface area (Å²) in [4.78, 5) is 14.9. The van der Waals surface area contributed by atoms with Crippen molar-refractivity contribution in [3.8, 4) is 0 Å². The number of rotatable bonds is 9. The molecule has 0 aliphatic carbocycles. The number of ether oxygens (including phenoxy) is 1. The summed E-state index contributed by atoms with van der Waals surface area (Å²) in [5.74, 6) is -0.208. The smallest absolute Gasteiger partial charge is 0.240 e. The Morgan fingerprint density at radius 2 is 1.78 bits per heavy atom. The molecule has 0 bridgehead atoms. The van der Waals surface area contributed by atoms with Crippen LogP contribution < -0.4 is 10.0 Å². The lowest BCUT2D eigenvalue weighted by atomic mass is 10.0. The normalized spacial score (nSPS) is 16.0. The highest BCUT2D eigenvalue weighted by molar-refractivity contribution is 7.89. The topological polar surface area (TPSA) is 87.7 Å². The minimum Gasteiger partial charge on any atom is -0.379 e. The fourth-order valence-corrected chi connectivity index (χ4v) is 4.84. The lowest BCUT2D eigenvalue weighted by Crippen LogP contribution is -2.44. The van der Waals surface area contributed by atoms with Crippen molar-refractivity contribution in [3.63, 3.8) is 0 Å². The van der Waals surface area contributed by atoms with Gasteiger partial charge in [-0.05, 0) is 54.8 Å². The largest absolute Gasteiger partial charge is 0.379 e. The van der Waals surface area contributed by atoms with Gasteiger partial charge in [0.05, 0.1) is 24.2 Å². The van der Waals surface area contributed by atoms with E-state index in [4.69, 9.17) is 16.3 Å². The first-order valence-corrected chi connectivity index (χ1v) is 12.5. The number of carbonyl (C=O) groups is 1. The number of carbonyl (C=O) groups excluding carboxylic acids is 1. The third kappa shape index (κ3) is 6.76. The van der Waals surface area contributed by atoms with Crippen LogP contribution in [-0.2, 0) is 19.6 Å². The van der Waals surface area contributed by atoms with Crippen molar-refractivity contribution < 1.29 is 17.9 Å². The fourth-order valence-electron chi connectivity index (χ4n) is 3.59. The van der Waals surface area contributed by atoms with Crippen molar-refractivity contribution in [1.82, 2.24) is 14.9 Å². The number of halogens is 1. The predicted octanol–water partition coefficient (Wildman–Crippen LogP) is 2.81. The quantitative estimate of drug-likeness (QED) is 0.577. The van der Waals surface area contributed by atoms with E-state index < -0.39 is 10.0 Å². The zero-order chi connectivity index (χ0) is 23.1. The zero-order valence-corrected chi connectivity index (χ0v) is 20.0. The minimum absolute atomic E-state index is 0.00709. The third-order valence-electron chi connectivity index (χ3n) is 5.67. The average molecular weight is 480 g/mol. The van der Waals surface area contributed by atoms with Crippen LogP contribution in [0.1, 0.15) is 29.2 Å². The van der Waals surface area contributed by atoms with E-state index in [1.807, 2.05) is 38.1 Å². The number of aryl methyl sites for hydroxylation is 2. The van der Waals surface area contributed by atoms with Crippen LogP contribution in [0.5, 0.6) is 0 Å². The number of amides is 1. The van der Waals surface area contributed by atoms with Gasteiger partial charge in [0.15, 0.2) is 0 Å². The fraction of sp³-hybridized carbons (Fsp3) is 0.435. The number of morpholine rings is 1. The molecule has 0 aromatic heterocycles. The Labute approximate surface area is 195 Å². The minimum atomic E-state index is -3.66. The molecule has 32 heavy (non-hydrogen) atoms. The highest BCUT2D eigenvalue weighted by Gasteiger charge is 2.23. The highest BCUT2D eigenvalue weighted by atomic mass is 35.5. The molecule has 2 N–H and O–H groups in total. The molecule has 0 spiro atoms. The second-order valence-electron chi connectivity index (χ2n) is 7.91. The van der Waals surface area contributed by atoms with E-state index >= 15 is 0 Å². The number of sulfonamides is 1. The number of nitrogens with zero attached hydrogens (tertiary/aromatic N) is 1. The summed E-state index contributed by atoms with van der Waals surface area (Å²) in [6.45, 7) is 7.11. The Morgan fingerprint density at radius 1 is 1.09 bits per heavy atom. The van der Waals surface area contributed by atoms with E-state index in [-0.39, 0.29) is 29.8 Å². The molecule has 1 fully saturated rings. The van der Waals surface area contributed by atoms with Crippen molar-refractivity contribution in [3.05, 3.63) is 64.2 Å². The van der Waals surface area contributed by atoms with Crippen LogP contribution >= 0.6 is 11.6 Å². The maximum Gasteiger partial charge on any atom is 0.240 e. The molecule has 3 rings (SSSR count). The van der Waals surface area contributed by atoms with Gasteiger partial charge < -0.3 is 10.1 Å². The van der Waals surface area contributed by atoms with Gasteiger partial charge in [-0.15, -0.1) is 0 Å². The van der Waals surface area contributed by atoms with Crippen LogP contribution in [0.2, 0.25) is 5.02 Å². The maximum absolute atomic E-state index is 12.5. The van der Waals surface area contributed by atoms with Crippen LogP contribution in [0, 0.1) is 13.8 Å². The lowest BCUT2D eigenvalue weighted by Gasteiger charge is -2.35. The van der Waals surface area contributed by atoms with Gasteiger partial charge in [0.2, 0.25) is 15.9 Å². The molecule has 2 aromatic carbocycles. The zero-order valence-electron chi connectivity index (χ0n) is 18.4. The molecule has 0 saturated carbocycles. The van der Waals surface area contributed by atoms with Gasteiger partial charge in [-0.25, -0.2) is 13.1 Å². The molecule has 0 radical (unpaired) electrons. The van der Waals surface area contributed by atoms with E-state index in [1.165, 1.54) is 0 Å². The number of nitrogens with one attached hydrogen (secondary N) is 2. The molecule has 9 heteroatoms. The summed E-state index contributed by atoms with van der Waals surface area (Å²) in [6.07, 6.45) is 0.0561. The molecule has 7 nitrogen and oxygen atoms in total. The van der Waals surface area contributed by atoms with E-state index in [1.54, 1.807) is 18.2 Å². The van der Waals surface area contributed by atoms with Crippen LogP contribution in [-0.4, -0.2) is 58.6 Å². The summed E-state index contributed by atoms with van der Waals surface area (Å²) < 4.78 is 32.9. The molecule has 1 atom stereocenters.